The fourth-order valence-corrected chi connectivity index (χ4v) is 3.03. The summed E-state index contributed by atoms with van der Waals surface area (Å²) in [5, 5.41) is 10.8. The standard InChI is InChI=1S/C18H16ClNO3/c1-10-6-13(23-2)8-14-15(9-16(21)22)18(20-17(10)14)11-4-3-5-12(19)7-11/h3-8,20H,9H2,1-2H3,(H,21,22). The van der Waals surface area contributed by atoms with Crippen LogP contribution in [0.15, 0.2) is 36.4 Å². The number of halogens is 1. The number of aryl methyl sites for hydroxylation is 1. The third-order valence-corrected chi connectivity index (χ3v) is 4.10. The summed E-state index contributed by atoms with van der Waals surface area (Å²) in [7, 11) is 1.60. The molecule has 23 heavy (non-hydrogen) atoms. The van der Waals surface area contributed by atoms with Gasteiger partial charge in [-0.15, -0.1) is 0 Å². The van der Waals surface area contributed by atoms with E-state index in [9.17, 15) is 9.90 Å². The summed E-state index contributed by atoms with van der Waals surface area (Å²) in [5.74, 6) is -0.173. The maximum absolute atomic E-state index is 11.3. The zero-order chi connectivity index (χ0) is 16.6. The van der Waals surface area contributed by atoms with Crippen molar-refractivity contribution in [1.29, 1.82) is 0 Å². The van der Waals surface area contributed by atoms with Gasteiger partial charge < -0.3 is 14.8 Å². The highest BCUT2D eigenvalue weighted by atomic mass is 35.5. The van der Waals surface area contributed by atoms with Crippen LogP contribution in [0.5, 0.6) is 5.75 Å². The Balaban J connectivity index is 2.32. The Hall–Kier alpha value is -2.46. The van der Waals surface area contributed by atoms with Crippen molar-refractivity contribution in [2.75, 3.05) is 7.11 Å². The van der Waals surface area contributed by atoms with Crippen LogP contribution in [0, 0.1) is 6.92 Å². The molecule has 1 heterocycles. The smallest absolute Gasteiger partial charge is 0.307 e. The molecule has 3 rings (SSSR count). The Labute approximate surface area is 138 Å². The Kier molecular flexibility index (Phi) is 4.01. The molecule has 0 atom stereocenters. The number of ether oxygens (including phenoxy) is 1. The molecule has 0 aliphatic heterocycles. The zero-order valence-electron chi connectivity index (χ0n) is 12.8. The van der Waals surface area contributed by atoms with Crippen LogP contribution in [0.3, 0.4) is 0 Å². The normalized spacial score (nSPS) is 10.9. The zero-order valence-corrected chi connectivity index (χ0v) is 13.6. The minimum Gasteiger partial charge on any atom is -0.497 e. The van der Waals surface area contributed by atoms with Crippen molar-refractivity contribution in [3.8, 4) is 17.0 Å². The van der Waals surface area contributed by atoms with E-state index < -0.39 is 5.97 Å². The van der Waals surface area contributed by atoms with Gasteiger partial charge in [0.1, 0.15) is 5.75 Å². The lowest BCUT2D eigenvalue weighted by Gasteiger charge is -2.05. The maximum Gasteiger partial charge on any atom is 0.307 e. The molecule has 0 saturated carbocycles. The molecule has 118 valence electrons. The van der Waals surface area contributed by atoms with E-state index in [-0.39, 0.29) is 6.42 Å². The monoisotopic (exact) mass is 329 g/mol. The van der Waals surface area contributed by atoms with Crippen molar-refractivity contribution in [3.05, 3.63) is 52.5 Å². The van der Waals surface area contributed by atoms with E-state index >= 15 is 0 Å². The van der Waals surface area contributed by atoms with Gasteiger partial charge in [-0.2, -0.15) is 0 Å². The third kappa shape index (κ3) is 2.90. The summed E-state index contributed by atoms with van der Waals surface area (Å²) in [6, 6.07) is 11.2. The summed E-state index contributed by atoms with van der Waals surface area (Å²) in [5.41, 5.74) is 4.29. The summed E-state index contributed by atoms with van der Waals surface area (Å²) >= 11 is 6.08. The van der Waals surface area contributed by atoms with Gasteiger partial charge in [-0.25, -0.2) is 0 Å². The molecule has 0 unspecified atom stereocenters. The fourth-order valence-electron chi connectivity index (χ4n) is 2.84. The number of aliphatic carboxylic acids is 1. The Morgan fingerprint density at radius 3 is 2.74 bits per heavy atom. The number of H-pyrrole nitrogens is 1. The molecule has 0 fully saturated rings. The van der Waals surface area contributed by atoms with Crippen LogP contribution in [-0.4, -0.2) is 23.2 Å². The van der Waals surface area contributed by atoms with E-state index in [0.717, 1.165) is 33.3 Å². The van der Waals surface area contributed by atoms with Crippen molar-refractivity contribution in [3.63, 3.8) is 0 Å². The van der Waals surface area contributed by atoms with E-state index in [1.807, 2.05) is 37.3 Å². The minimum atomic E-state index is -0.880. The number of aromatic nitrogens is 1. The number of nitrogens with one attached hydrogen (secondary N) is 1. The summed E-state index contributed by atoms with van der Waals surface area (Å²) < 4.78 is 5.31. The number of carboxylic acids is 1. The molecule has 5 heteroatoms. The Morgan fingerprint density at radius 2 is 2.09 bits per heavy atom. The SMILES string of the molecule is COc1cc(C)c2[nH]c(-c3cccc(Cl)c3)c(CC(=O)O)c2c1. The number of aromatic amines is 1. The third-order valence-electron chi connectivity index (χ3n) is 3.86. The number of hydrogen-bond donors (Lipinski definition) is 2. The molecule has 4 nitrogen and oxygen atoms in total. The van der Waals surface area contributed by atoms with Crippen molar-refractivity contribution >= 4 is 28.5 Å². The first kappa shape index (κ1) is 15.4. The predicted octanol–water partition coefficient (Wildman–Crippen LogP) is 4.43. The molecule has 0 radical (unpaired) electrons. The number of rotatable bonds is 4. The van der Waals surface area contributed by atoms with Gasteiger partial charge in [0, 0.05) is 15.9 Å². The second kappa shape index (κ2) is 5.97. The Bertz CT molecular complexity index is 899. The molecule has 2 N–H and O–H groups in total. The molecule has 0 bridgehead atoms. The number of carbonyl (C=O) groups is 1. The van der Waals surface area contributed by atoms with E-state index in [2.05, 4.69) is 4.98 Å². The highest BCUT2D eigenvalue weighted by Gasteiger charge is 2.18. The van der Waals surface area contributed by atoms with Crippen molar-refractivity contribution in [1.82, 2.24) is 4.98 Å². The number of hydrogen-bond acceptors (Lipinski definition) is 2. The molecule has 0 aliphatic carbocycles. The van der Waals surface area contributed by atoms with Gasteiger partial charge in [-0.05, 0) is 47.9 Å². The second-order valence-corrected chi connectivity index (χ2v) is 5.86. The second-order valence-electron chi connectivity index (χ2n) is 5.43. The average Bonchev–Trinajstić information content (AvgIpc) is 2.86. The molecule has 1 aromatic heterocycles. The molecule has 2 aromatic carbocycles. The highest BCUT2D eigenvalue weighted by Crippen LogP contribution is 2.35. The van der Waals surface area contributed by atoms with Gasteiger partial charge in [0.15, 0.2) is 0 Å². The van der Waals surface area contributed by atoms with Gasteiger partial charge >= 0.3 is 5.97 Å². The molecule has 0 aliphatic rings. The van der Waals surface area contributed by atoms with E-state index in [4.69, 9.17) is 16.3 Å². The quantitative estimate of drug-likeness (QED) is 0.744. The fraction of sp³-hybridized carbons (Fsp3) is 0.167. The summed E-state index contributed by atoms with van der Waals surface area (Å²) in [6.07, 6.45) is -0.0749. The topological polar surface area (TPSA) is 62.3 Å². The first-order chi connectivity index (χ1) is 11.0. The summed E-state index contributed by atoms with van der Waals surface area (Å²) in [4.78, 5) is 14.7. The lowest BCUT2D eigenvalue weighted by Crippen LogP contribution is -2.01. The average molecular weight is 330 g/mol. The van der Waals surface area contributed by atoms with E-state index in [1.54, 1.807) is 13.2 Å². The van der Waals surface area contributed by atoms with Crippen LogP contribution in [-0.2, 0) is 11.2 Å². The van der Waals surface area contributed by atoms with Crippen LogP contribution in [0.2, 0.25) is 5.02 Å². The van der Waals surface area contributed by atoms with Crippen molar-refractivity contribution in [2.24, 2.45) is 0 Å². The minimum absolute atomic E-state index is 0.0749. The van der Waals surface area contributed by atoms with Crippen LogP contribution in [0.1, 0.15) is 11.1 Å². The maximum atomic E-state index is 11.3. The van der Waals surface area contributed by atoms with Crippen molar-refractivity contribution in [2.45, 2.75) is 13.3 Å². The van der Waals surface area contributed by atoms with Crippen LogP contribution in [0.4, 0.5) is 0 Å². The van der Waals surface area contributed by atoms with Gasteiger partial charge in [-0.3, -0.25) is 4.79 Å². The van der Waals surface area contributed by atoms with Crippen LogP contribution >= 0.6 is 11.6 Å². The van der Waals surface area contributed by atoms with Gasteiger partial charge in [0.05, 0.1) is 19.2 Å². The number of fused-ring (bicyclic) bond motifs is 1. The molecule has 0 amide bonds. The largest absolute Gasteiger partial charge is 0.497 e. The van der Waals surface area contributed by atoms with E-state index in [1.165, 1.54) is 0 Å². The summed E-state index contributed by atoms with van der Waals surface area (Å²) in [6.45, 7) is 1.97. The predicted molar refractivity (Wildman–Crippen MR) is 91.4 cm³/mol. The Morgan fingerprint density at radius 1 is 1.30 bits per heavy atom. The van der Waals surface area contributed by atoms with Crippen LogP contribution in [0.25, 0.3) is 22.2 Å². The first-order valence-electron chi connectivity index (χ1n) is 7.16. The van der Waals surface area contributed by atoms with E-state index in [0.29, 0.717) is 10.8 Å². The molecular weight excluding hydrogens is 314 g/mol. The van der Waals surface area contributed by atoms with Crippen LogP contribution < -0.4 is 4.74 Å². The molecule has 3 aromatic rings. The highest BCUT2D eigenvalue weighted by molar-refractivity contribution is 6.30. The number of benzene rings is 2. The molecular formula is C18H16ClNO3. The van der Waals surface area contributed by atoms with Crippen molar-refractivity contribution < 1.29 is 14.6 Å². The lowest BCUT2D eigenvalue weighted by molar-refractivity contribution is -0.136. The first-order valence-corrected chi connectivity index (χ1v) is 7.54. The van der Waals surface area contributed by atoms with Gasteiger partial charge in [0.2, 0.25) is 0 Å². The number of methoxy groups -OCH3 is 1. The van der Waals surface area contributed by atoms with Gasteiger partial charge in [-0.1, -0.05) is 23.7 Å². The van der Waals surface area contributed by atoms with Gasteiger partial charge in [0.25, 0.3) is 0 Å². The number of carboxylic acid groups (broad SMARTS) is 1. The molecule has 0 spiro atoms. The molecule has 0 saturated heterocycles. The lowest BCUT2D eigenvalue weighted by atomic mass is 10.0.